The van der Waals surface area contributed by atoms with Crippen molar-refractivity contribution in [1.29, 1.82) is 0 Å². The third kappa shape index (κ3) is 2.53. The van der Waals surface area contributed by atoms with Gasteiger partial charge in [-0.05, 0) is 30.7 Å². The summed E-state index contributed by atoms with van der Waals surface area (Å²) in [4.78, 5) is 4.19. The van der Waals surface area contributed by atoms with Crippen molar-refractivity contribution in [3.05, 3.63) is 54.6 Å². The molecule has 0 fully saturated rings. The summed E-state index contributed by atoms with van der Waals surface area (Å²) in [5.74, 6) is 0.515. The van der Waals surface area contributed by atoms with Gasteiger partial charge in [0.05, 0.1) is 0 Å². The molecule has 3 nitrogen and oxygen atoms in total. The van der Waals surface area contributed by atoms with E-state index in [1.165, 1.54) is 6.07 Å². The minimum Gasteiger partial charge on any atom is -0.326 e. The number of aromatic nitrogens is 2. The summed E-state index contributed by atoms with van der Waals surface area (Å²) in [6.45, 7) is 6.10. The number of imidazole rings is 1. The van der Waals surface area contributed by atoms with Crippen LogP contribution in [0.1, 0.15) is 5.56 Å². The maximum Gasteiger partial charge on any atom is 0.207 e. The molecule has 0 aliphatic heterocycles. The van der Waals surface area contributed by atoms with Crippen LogP contribution in [0.2, 0.25) is 0 Å². The number of anilines is 2. The van der Waals surface area contributed by atoms with Crippen LogP contribution in [0, 0.1) is 12.7 Å². The zero-order chi connectivity index (χ0) is 12.3. The van der Waals surface area contributed by atoms with Gasteiger partial charge in [0, 0.05) is 24.6 Å². The molecule has 0 saturated heterocycles. The molecule has 0 saturated carbocycles. The summed E-state index contributed by atoms with van der Waals surface area (Å²) in [6, 6.07) is 4.88. The van der Waals surface area contributed by atoms with E-state index < -0.39 is 0 Å². The first-order chi connectivity index (χ1) is 8.20. The molecule has 1 N–H and O–H groups in total. The molecule has 2 rings (SSSR count). The van der Waals surface area contributed by atoms with Crippen LogP contribution in [-0.2, 0) is 6.54 Å². The molecule has 0 unspecified atom stereocenters. The van der Waals surface area contributed by atoms with Crippen LogP contribution in [0.25, 0.3) is 0 Å². The predicted octanol–water partition coefficient (Wildman–Crippen LogP) is 3.26. The Bertz CT molecular complexity index is 531. The SMILES string of the molecule is C=CCn1ccnc1Nc1ccc(F)c(C)c1. The molecule has 0 spiro atoms. The lowest BCUT2D eigenvalue weighted by molar-refractivity contribution is 0.619. The predicted molar refractivity (Wildman–Crippen MR) is 66.8 cm³/mol. The topological polar surface area (TPSA) is 29.9 Å². The van der Waals surface area contributed by atoms with Gasteiger partial charge in [-0.1, -0.05) is 6.08 Å². The normalized spacial score (nSPS) is 10.2. The van der Waals surface area contributed by atoms with Crippen LogP contribution in [0.5, 0.6) is 0 Å². The molecule has 0 radical (unpaired) electrons. The van der Waals surface area contributed by atoms with E-state index in [1.54, 1.807) is 31.3 Å². The molecule has 0 amide bonds. The van der Waals surface area contributed by atoms with E-state index in [2.05, 4.69) is 16.9 Å². The molecule has 0 bridgehead atoms. The first-order valence-corrected chi connectivity index (χ1v) is 5.36. The summed E-state index contributed by atoms with van der Waals surface area (Å²) in [7, 11) is 0. The third-order valence-electron chi connectivity index (χ3n) is 2.46. The molecular weight excluding hydrogens is 217 g/mol. The lowest BCUT2D eigenvalue weighted by Crippen LogP contribution is -2.02. The number of rotatable bonds is 4. The maximum atomic E-state index is 13.1. The Labute approximate surface area is 99.6 Å². The summed E-state index contributed by atoms with van der Waals surface area (Å²) in [6.07, 6.45) is 5.37. The van der Waals surface area contributed by atoms with Gasteiger partial charge in [-0.15, -0.1) is 6.58 Å². The van der Waals surface area contributed by atoms with Gasteiger partial charge < -0.3 is 9.88 Å². The summed E-state index contributed by atoms with van der Waals surface area (Å²) in [5.41, 5.74) is 1.43. The minimum atomic E-state index is -0.204. The molecule has 17 heavy (non-hydrogen) atoms. The largest absolute Gasteiger partial charge is 0.326 e. The molecule has 4 heteroatoms. The number of hydrogen-bond donors (Lipinski definition) is 1. The second-order valence-corrected chi connectivity index (χ2v) is 3.78. The first kappa shape index (κ1) is 11.4. The third-order valence-corrected chi connectivity index (χ3v) is 2.46. The Balaban J connectivity index is 2.22. The molecule has 2 aromatic rings. The van der Waals surface area contributed by atoms with Crippen LogP contribution in [0.15, 0.2) is 43.2 Å². The van der Waals surface area contributed by atoms with Crippen molar-refractivity contribution in [2.24, 2.45) is 0 Å². The molecule has 1 aromatic heterocycles. The van der Waals surface area contributed by atoms with Crippen LogP contribution in [0.4, 0.5) is 16.0 Å². The molecular formula is C13H14FN3. The van der Waals surface area contributed by atoms with Crippen molar-refractivity contribution < 1.29 is 4.39 Å². The molecule has 0 aliphatic rings. The Hall–Kier alpha value is -2.10. The van der Waals surface area contributed by atoms with Crippen LogP contribution in [-0.4, -0.2) is 9.55 Å². The van der Waals surface area contributed by atoms with E-state index in [0.717, 1.165) is 11.6 Å². The fourth-order valence-corrected chi connectivity index (χ4v) is 1.57. The van der Waals surface area contributed by atoms with Crippen molar-refractivity contribution in [2.45, 2.75) is 13.5 Å². The maximum absolute atomic E-state index is 13.1. The van der Waals surface area contributed by atoms with Gasteiger partial charge in [0.1, 0.15) is 5.82 Å². The number of benzene rings is 1. The number of nitrogens with zero attached hydrogens (tertiary/aromatic N) is 2. The van der Waals surface area contributed by atoms with E-state index in [-0.39, 0.29) is 5.82 Å². The number of halogens is 1. The quantitative estimate of drug-likeness (QED) is 0.818. The van der Waals surface area contributed by atoms with Crippen molar-refractivity contribution in [2.75, 3.05) is 5.32 Å². The van der Waals surface area contributed by atoms with Crippen molar-refractivity contribution in [3.8, 4) is 0 Å². The highest BCUT2D eigenvalue weighted by molar-refractivity contribution is 5.54. The Morgan fingerprint density at radius 2 is 2.35 bits per heavy atom. The Morgan fingerprint density at radius 3 is 3.06 bits per heavy atom. The van der Waals surface area contributed by atoms with Gasteiger partial charge in [-0.3, -0.25) is 0 Å². The van der Waals surface area contributed by atoms with E-state index >= 15 is 0 Å². The second-order valence-electron chi connectivity index (χ2n) is 3.78. The van der Waals surface area contributed by atoms with Crippen LogP contribution >= 0.6 is 0 Å². The van der Waals surface area contributed by atoms with Gasteiger partial charge in [-0.2, -0.15) is 0 Å². The molecule has 88 valence electrons. The highest BCUT2D eigenvalue weighted by Gasteiger charge is 2.03. The zero-order valence-corrected chi connectivity index (χ0v) is 9.65. The van der Waals surface area contributed by atoms with Gasteiger partial charge in [0.2, 0.25) is 5.95 Å². The van der Waals surface area contributed by atoms with Gasteiger partial charge in [0.15, 0.2) is 0 Å². The van der Waals surface area contributed by atoms with E-state index in [1.807, 2.05) is 10.8 Å². The number of allylic oxidation sites excluding steroid dienone is 1. The molecule has 0 aliphatic carbocycles. The minimum absolute atomic E-state index is 0.204. The second kappa shape index (κ2) is 4.82. The van der Waals surface area contributed by atoms with Crippen LogP contribution in [0.3, 0.4) is 0 Å². The van der Waals surface area contributed by atoms with Crippen molar-refractivity contribution >= 4 is 11.6 Å². The molecule has 1 heterocycles. The number of hydrogen-bond acceptors (Lipinski definition) is 2. The Morgan fingerprint density at radius 1 is 1.53 bits per heavy atom. The standard InChI is InChI=1S/C13H14FN3/c1-3-7-17-8-6-15-13(17)16-11-4-5-12(14)10(2)9-11/h3-6,8-9H,1,7H2,2H3,(H,15,16). The Kier molecular flexibility index (Phi) is 3.23. The first-order valence-electron chi connectivity index (χ1n) is 5.36. The van der Waals surface area contributed by atoms with Crippen molar-refractivity contribution in [3.63, 3.8) is 0 Å². The lowest BCUT2D eigenvalue weighted by Gasteiger charge is -2.08. The van der Waals surface area contributed by atoms with Crippen LogP contribution < -0.4 is 5.32 Å². The number of aryl methyl sites for hydroxylation is 1. The monoisotopic (exact) mass is 231 g/mol. The van der Waals surface area contributed by atoms with E-state index in [9.17, 15) is 4.39 Å². The zero-order valence-electron chi connectivity index (χ0n) is 9.65. The van der Waals surface area contributed by atoms with Crippen molar-refractivity contribution in [1.82, 2.24) is 9.55 Å². The number of nitrogens with one attached hydrogen (secondary N) is 1. The molecule has 1 aromatic carbocycles. The summed E-state index contributed by atoms with van der Waals surface area (Å²) >= 11 is 0. The summed E-state index contributed by atoms with van der Waals surface area (Å²) in [5, 5.41) is 3.14. The average Bonchev–Trinajstić information content (AvgIpc) is 2.72. The highest BCUT2D eigenvalue weighted by atomic mass is 19.1. The smallest absolute Gasteiger partial charge is 0.207 e. The van der Waals surface area contributed by atoms with Gasteiger partial charge in [-0.25, -0.2) is 9.37 Å². The lowest BCUT2D eigenvalue weighted by atomic mass is 10.2. The summed E-state index contributed by atoms with van der Waals surface area (Å²) < 4.78 is 15.0. The van der Waals surface area contributed by atoms with E-state index in [4.69, 9.17) is 0 Å². The van der Waals surface area contributed by atoms with Gasteiger partial charge in [0.25, 0.3) is 0 Å². The molecule has 0 atom stereocenters. The van der Waals surface area contributed by atoms with E-state index in [0.29, 0.717) is 12.1 Å². The van der Waals surface area contributed by atoms with Gasteiger partial charge >= 0.3 is 0 Å². The fraction of sp³-hybridized carbons (Fsp3) is 0.154. The highest BCUT2D eigenvalue weighted by Crippen LogP contribution is 2.18. The fourth-order valence-electron chi connectivity index (χ4n) is 1.57. The average molecular weight is 231 g/mol.